The molecule has 1 N–H and O–H groups in total. The normalized spacial score (nSPS) is 12.1. The molecule has 0 radical (unpaired) electrons. The van der Waals surface area contributed by atoms with Crippen molar-refractivity contribution < 1.29 is 21.9 Å². The summed E-state index contributed by atoms with van der Waals surface area (Å²) in [6.07, 6.45) is 0. The third kappa shape index (κ3) is 5.59. The molecule has 0 bridgehead atoms. The summed E-state index contributed by atoms with van der Waals surface area (Å²) in [4.78, 5) is 1.27. The molecule has 0 saturated carbocycles. The molecule has 0 unspecified atom stereocenters. The maximum absolute atomic E-state index is 13.6. The fourth-order valence-corrected chi connectivity index (χ4v) is 3.77. The van der Waals surface area contributed by atoms with E-state index < -0.39 is 26.6 Å². The lowest BCUT2D eigenvalue weighted by Gasteiger charge is -2.16. The van der Waals surface area contributed by atoms with Gasteiger partial charge in [-0.15, -0.1) is 0 Å². The fourth-order valence-electron chi connectivity index (χ4n) is 1.59. The number of nitrogens with zero attached hydrogens (tertiary/aromatic N) is 1. The predicted molar refractivity (Wildman–Crippen MR) is 78.6 cm³/mol. The van der Waals surface area contributed by atoms with Gasteiger partial charge in [0.15, 0.2) is 0 Å². The highest BCUT2D eigenvalue weighted by molar-refractivity contribution is 9.10. The number of benzene rings is 1. The van der Waals surface area contributed by atoms with Crippen molar-refractivity contribution in [2.75, 3.05) is 40.4 Å². The number of ether oxygens (including phenoxy) is 1. The smallest absolute Gasteiger partial charge is 0.244 e. The zero-order chi connectivity index (χ0) is 16.0. The highest BCUT2D eigenvalue weighted by Crippen LogP contribution is 2.25. The molecule has 9 heteroatoms. The molecular formula is C12H17BrF2N2O3S. The van der Waals surface area contributed by atoms with Crippen molar-refractivity contribution in [3.8, 4) is 0 Å². The molecule has 0 amide bonds. The number of nitrogens with one attached hydrogen (secondary N) is 1. The maximum Gasteiger partial charge on any atom is 0.244 e. The Hall–Kier alpha value is -0.610. The van der Waals surface area contributed by atoms with Gasteiger partial charge in [0.2, 0.25) is 10.0 Å². The van der Waals surface area contributed by atoms with E-state index in [0.717, 1.165) is 6.07 Å². The largest absolute Gasteiger partial charge is 0.383 e. The molecule has 0 aromatic heterocycles. The first-order valence-electron chi connectivity index (χ1n) is 6.09. The molecule has 1 aromatic carbocycles. The number of hydrogen-bond donors (Lipinski definition) is 1. The van der Waals surface area contributed by atoms with Gasteiger partial charge in [0.05, 0.1) is 6.61 Å². The van der Waals surface area contributed by atoms with Crippen molar-refractivity contribution >= 4 is 26.0 Å². The topological polar surface area (TPSA) is 58.6 Å². The van der Waals surface area contributed by atoms with E-state index in [1.807, 2.05) is 11.9 Å². The highest BCUT2D eigenvalue weighted by Gasteiger charge is 2.23. The second kappa shape index (κ2) is 8.14. The molecule has 1 rings (SSSR count). The average molecular weight is 387 g/mol. The number of sulfonamides is 1. The van der Waals surface area contributed by atoms with E-state index in [0.29, 0.717) is 25.8 Å². The van der Waals surface area contributed by atoms with Gasteiger partial charge in [0, 0.05) is 37.3 Å². The zero-order valence-corrected chi connectivity index (χ0v) is 14.1. The van der Waals surface area contributed by atoms with Crippen LogP contribution in [-0.2, 0) is 14.8 Å². The Bertz CT molecular complexity index is 561. The SMILES string of the molecule is COCCN(C)CCNS(=O)(=O)c1c(F)cc(F)cc1Br. The second-order valence-corrected chi connectivity index (χ2v) is 6.95. The van der Waals surface area contributed by atoms with E-state index in [1.54, 1.807) is 7.11 Å². The third-order valence-electron chi connectivity index (χ3n) is 2.69. The standard InChI is InChI=1S/C12H17BrF2N2O3S/c1-17(5-6-20-2)4-3-16-21(18,19)12-10(13)7-9(14)8-11(12)15/h7-8,16H,3-6H2,1-2H3. The monoisotopic (exact) mass is 386 g/mol. The van der Waals surface area contributed by atoms with Gasteiger partial charge in [-0.05, 0) is 29.0 Å². The van der Waals surface area contributed by atoms with Crippen molar-refractivity contribution in [2.24, 2.45) is 0 Å². The highest BCUT2D eigenvalue weighted by atomic mass is 79.9. The van der Waals surface area contributed by atoms with Gasteiger partial charge < -0.3 is 9.64 Å². The van der Waals surface area contributed by atoms with E-state index in [-0.39, 0.29) is 11.0 Å². The van der Waals surface area contributed by atoms with Crippen LogP contribution in [0.3, 0.4) is 0 Å². The summed E-state index contributed by atoms with van der Waals surface area (Å²) in [5, 5.41) is 0. The number of hydrogen-bond acceptors (Lipinski definition) is 4. The Morgan fingerprint density at radius 1 is 1.33 bits per heavy atom. The number of rotatable bonds is 8. The van der Waals surface area contributed by atoms with Crippen molar-refractivity contribution in [2.45, 2.75) is 4.90 Å². The Morgan fingerprint density at radius 2 is 2.00 bits per heavy atom. The summed E-state index contributed by atoms with van der Waals surface area (Å²) >= 11 is 2.86. The molecule has 0 fully saturated rings. The fraction of sp³-hybridized carbons (Fsp3) is 0.500. The van der Waals surface area contributed by atoms with E-state index in [9.17, 15) is 17.2 Å². The predicted octanol–water partition coefficient (Wildman–Crippen LogP) is 1.58. The van der Waals surface area contributed by atoms with Crippen molar-refractivity contribution in [1.82, 2.24) is 9.62 Å². The molecule has 0 heterocycles. The van der Waals surface area contributed by atoms with Gasteiger partial charge in [0.25, 0.3) is 0 Å². The summed E-state index contributed by atoms with van der Waals surface area (Å²) in [5.41, 5.74) is 0. The zero-order valence-electron chi connectivity index (χ0n) is 11.7. The van der Waals surface area contributed by atoms with Crippen molar-refractivity contribution in [3.63, 3.8) is 0 Å². The van der Waals surface area contributed by atoms with E-state index in [2.05, 4.69) is 20.7 Å². The Morgan fingerprint density at radius 3 is 2.57 bits per heavy atom. The lowest BCUT2D eigenvalue weighted by Crippen LogP contribution is -2.34. The van der Waals surface area contributed by atoms with Crippen LogP contribution in [0.4, 0.5) is 8.78 Å². The van der Waals surface area contributed by atoms with Crippen LogP contribution in [-0.4, -0.2) is 53.7 Å². The van der Waals surface area contributed by atoms with Gasteiger partial charge >= 0.3 is 0 Å². The summed E-state index contributed by atoms with van der Waals surface area (Å²) in [5.74, 6) is -1.99. The van der Waals surface area contributed by atoms with Crippen LogP contribution < -0.4 is 4.72 Å². The Kier molecular flexibility index (Phi) is 7.14. The van der Waals surface area contributed by atoms with Crippen LogP contribution in [0, 0.1) is 11.6 Å². The minimum atomic E-state index is -4.05. The number of halogens is 3. The molecule has 0 atom stereocenters. The first-order valence-corrected chi connectivity index (χ1v) is 8.37. The maximum atomic E-state index is 13.6. The molecule has 0 saturated heterocycles. The molecular weight excluding hydrogens is 370 g/mol. The first kappa shape index (κ1) is 18.4. The van der Waals surface area contributed by atoms with Crippen LogP contribution in [0.15, 0.2) is 21.5 Å². The average Bonchev–Trinajstić information content (AvgIpc) is 2.34. The first-order chi connectivity index (χ1) is 9.77. The molecule has 21 heavy (non-hydrogen) atoms. The minimum Gasteiger partial charge on any atom is -0.383 e. The lowest BCUT2D eigenvalue weighted by atomic mass is 10.3. The summed E-state index contributed by atoms with van der Waals surface area (Å²) in [7, 11) is -0.669. The third-order valence-corrected chi connectivity index (χ3v) is 5.12. The lowest BCUT2D eigenvalue weighted by molar-refractivity contribution is 0.162. The van der Waals surface area contributed by atoms with E-state index in [1.165, 1.54) is 0 Å². The van der Waals surface area contributed by atoms with Crippen LogP contribution in [0.2, 0.25) is 0 Å². The van der Waals surface area contributed by atoms with Gasteiger partial charge in [-0.1, -0.05) is 0 Å². The Balaban J connectivity index is 2.71. The number of likely N-dealkylation sites (N-methyl/N-ethyl adjacent to an activating group) is 1. The van der Waals surface area contributed by atoms with Crippen molar-refractivity contribution in [1.29, 1.82) is 0 Å². The van der Waals surface area contributed by atoms with Gasteiger partial charge in [-0.2, -0.15) is 0 Å². The van der Waals surface area contributed by atoms with Crippen molar-refractivity contribution in [3.05, 3.63) is 28.2 Å². The van der Waals surface area contributed by atoms with Crippen LogP contribution in [0.5, 0.6) is 0 Å². The molecule has 0 aliphatic rings. The van der Waals surface area contributed by atoms with Crippen LogP contribution in [0.1, 0.15) is 0 Å². The molecule has 0 aliphatic carbocycles. The molecule has 0 spiro atoms. The summed E-state index contributed by atoms with van der Waals surface area (Å²) in [6, 6.07) is 1.44. The van der Waals surface area contributed by atoms with E-state index >= 15 is 0 Å². The van der Waals surface area contributed by atoms with Gasteiger partial charge in [-0.3, -0.25) is 0 Å². The minimum absolute atomic E-state index is 0.103. The quantitative estimate of drug-likeness (QED) is 0.736. The molecule has 5 nitrogen and oxygen atoms in total. The second-order valence-electron chi connectivity index (χ2n) is 4.39. The van der Waals surface area contributed by atoms with Gasteiger partial charge in [0.1, 0.15) is 16.5 Å². The molecule has 0 aliphatic heterocycles. The number of methoxy groups -OCH3 is 1. The summed E-state index contributed by atoms with van der Waals surface area (Å²) in [6.45, 7) is 1.71. The van der Waals surface area contributed by atoms with Crippen LogP contribution in [0.25, 0.3) is 0 Å². The molecule has 1 aromatic rings. The molecule has 120 valence electrons. The Labute approximate surface area is 131 Å². The van der Waals surface area contributed by atoms with Gasteiger partial charge in [-0.25, -0.2) is 21.9 Å². The van der Waals surface area contributed by atoms with E-state index in [4.69, 9.17) is 4.74 Å². The summed E-state index contributed by atoms with van der Waals surface area (Å²) < 4.78 is 57.7. The van der Waals surface area contributed by atoms with Crippen LogP contribution >= 0.6 is 15.9 Å².